The maximum Gasteiger partial charge on any atom is 0.220 e. The highest BCUT2D eigenvalue weighted by molar-refractivity contribution is 5.76. The van der Waals surface area contributed by atoms with Gasteiger partial charge in [-0.1, -0.05) is 40.0 Å². The molecule has 0 aromatic rings. The Morgan fingerprint density at radius 2 is 1.95 bits per heavy atom. The molecule has 0 radical (unpaired) electrons. The summed E-state index contributed by atoms with van der Waals surface area (Å²) in [6.45, 7) is 7.83. The maximum absolute atomic E-state index is 11.8. The van der Waals surface area contributed by atoms with Gasteiger partial charge in [-0.15, -0.1) is 0 Å². The van der Waals surface area contributed by atoms with Crippen molar-refractivity contribution in [2.24, 2.45) is 11.8 Å². The number of ether oxygens (including phenoxy) is 1. The highest BCUT2D eigenvalue weighted by atomic mass is 16.5. The van der Waals surface area contributed by atoms with Crippen LogP contribution in [0.15, 0.2) is 0 Å². The van der Waals surface area contributed by atoms with Crippen LogP contribution in [0.2, 0.25) is 0 Å². The third kappa shape index (κ3) is 6.95. The Kier molecular flexibility index (Phi) is 8.11. The number of nitrogens with one attached hydrogen (secondary N) is 1. The molecule has 1 aliphatic carbocycles. The molecule has 1 saturated carbocycles. The smallest absolute Gasteiger partial charge is 0.220 e. The number of rotatable bonds is 8. The second-order valence-corrected chi connectivity index (χ2v) is 6.25. The Bertz CT molecular complexity index is 253. The largest absolute Gasteiger partial charge is 0.379 e. The average Bonchev–Trinajstić information content (AvgIpc) is 2.38. The van der Waals surface area contributed by atoms with Crippen molar-refractivity contribution >= 4 is 5.91 Å². The Balaban J connectivity index is 0.00000361. The van der Waals surface area contributed by atoms with Crippen LogP contribution in [0.1, 0.15) is 67.1 Å². The van der Waals surface area contributed by atoms with E-state index in [4.69, 9.17) is 4.74 Å². The second kappa shape index (κ2) is 9.35. The highest BCUT2D eigenvalue weighted by Gasteiger charge is 2.25. The summed E-state index contributed by atoms with van der Waals surface area (Å²) in [6, 6.07) is 0.220. The minimum Gasteiger partial charge on any atom is -0.379 e. The lowest BCUT2D eigenvalue weighted by Crippen LogP contribution is -2.44. The van der Waals surface area contributed by atoms with Gasteiger partial charge in [0.05, 0.1) is 12.6 Å². The number of hydrogen-bond acceptors (Lipinski definition) is 2. The van der Waals surface area contributed by atoms with Crippen molar-refractivity contribution < 1.29 is 11.0 Å². The van der Waals surface area contributed by atoms with E-state index in [0.717, 1.165) is 13.0 Å². The Hall–Kier alpha value is -0.570. The molecule has 0 spiro atoms. The minimum absolute atomic E-state index is 0. The number of carbonyl (C=O) groups excluding carboxylic acids is 1. The summed E-state index contributed by atoms with van der Waals surface area (Å²) in [4.78, 5) is 11.8. The van der Waals surface area contributed by atoms with Gasteiger partial charge in [-0.05, 0) is 31.1 Å². The SMILES string of the molecule is CCCC(=O)NC(COCC(C)C)C1CCCCC1.[HH]. The van der Waals surface area contributed by atoms with Crippen molar-refractivity contribution in [3.05, 3.63) is 0 Å². The van der Waals surface area contributed by atoms with Gasteiger partial charge in [0, 0.05) is 14.5 Å². The fourth-order valence-corrected chi connectivity index (χ4v) is 2.77. The molecule has 0 aromatic heterocycles. The second-order valence-electron chi connectivity index (χ2n) is 6.25. The summed E-state index contributed by atoms with van der Waals surface area (Å²) in [5, 5.41) is 3.20. The molecular formula is C16H33NO2. The molecule has 0 heterocycles. The number of carbonyl (C=O) groups is 1. The van der Waals surface area contributed by atoms with Crippen LogP contribution in [0, 0.1) is 11.8 Å². The average molecular weight is 271 g/mol. The summed E-state index contributed by atoms with van der Waals surface area (Å²) in [5.41, 5.74) is 0. The first-order valence-corrected chi connectivity index (χ1v) is 8.00. The molecule has 0 aliphatic heterocycles. The van der Waals surface area contributed by atoms with E-state index in [1.165, 1.54) is 32.1 Å². The first-order chi connectivity index (χ1) is 9.13. The van der Waals surface area contributed by atoms with Crippen molar-refractivity contribution in [3.63, 3.8) is 0 Å². The molecule has 1 unspecified atom stereocenters. The van der Waals surface area contributed by atoms with Crippen LogP contribution in [0.5, 0.6) is 0 Å². The Morgan fingerprint density at radius 3 is 2.53 bits per heavy atom. The third-order valence-corrected chi connectivity index (χ3v) is 3.79. The Labute approximate surface area is 120 Å². The minimum atomic E-state index is 0. The van der Waals surface area contributed by atoms with E-state index in [-0.39, 0.29) is 13.4 Å². The number of hydrogen-bond donors (Lipinski definition) is 1. The van der Waals surface area contributed by atoms with Gasteiger partial charge in [0.25, 0.3) is 0 Å². The van der Waals surface area contributed by atoms with Gasteiger partial charge in [0.2, 0.25) is 5.91 Å². The van der Waals surface area contributed by atoms with Gasteiger partial charge in [-0.3, -0.25) is 4.79 Å². The molecule has 3 nitrogen and oxygen atoms in total. The van der Waals surface area contributed by atoms with E-state index >= 15 is 0 Å². The fourth-order valence-electron chi connectivity index (χ4n) is 2.77. The van der Waals surface area contributed by atoms with Crippen molar-refractivity contribution in [1.29, 1.82) is 0 Å². The van der Waals surface area contributed by atoms with Crippen molar-refractivity contribution in [3.8, 4) is 0 Å². The van der Waals surface area contributed by atoms with Crippen LogP contribution in [0.4, 0.5) is 0 Å². The first-order valence-electron chi connectivity index (χ1n) is 8.00. The topological polar surface area (TPSA) is 38.3 Å². The summed E-state index contributed by atoms with van der Waals surface area (Å²) in [7, 11) is 0. The molecule has 1 aliphatic rings. The molecular weight excluding hydrogens is 238 g/mol. The van der Waals surface area contributed by atoms with Gasteiger partial charge >= 0.3 is 0 Å². The van der Waals surface area contributed by atoms with Crippen molar-refractivity contribution in [2.45, 2.75) is 71.8 Å². The predicted molar refractivity (Wildman–Crippen MR) is 81.2 cm³/mol. The molecule has 1 fully saturated rings. The van der Waals surface area contributed by atoms with Crippen molar-refractivity contribution in [1.82, 2.24) is 5.32 Å². The lowest BCUT2D eigenvalue weighted by atomic mass is 9.84. The van der Waals surface area contributed by atoms with Crippen LogP contribution < -0.4 is 5.32 Å². The quantitative estimate of drug-likeness (QED) is 0.730. The molecule has 0 aromatic carbocycles. The van der Waals surface area contributed by atoms with Gasteiger partial charge in [0.15, 0.2) is 0 Å². The van der Waals surface area contributed by atoms with Crippen LogP contribution >= 0.6 is 0 Å². The van der Waals surface area contributed by atoms with E-state index in [1.807, 2.05) is 6.92 Å². The van der Waals surface area contributed by atoms with E-state index in [0.29, 0.717) is 24.9 Å². The molecule has 3 heteroatoms. The van der Waals surface area contributed by atoms with E-state index in [2.05, 4.69) is 19.2 Å². The summed E-state index contributed by atoms with van der Waals surface area (Å²) in [5.74, 6) is 1.35. The lowest BCUT2D eigenvalue weighted by molar-refractivity contribution is -0.123. The molecule has 19 heavy (non-hydrogen) atoms. The van der Waals surface area contributed by atoms with E-state index < -0.39 is 0 Å². The van der Waals surface area contributed by atoms with E-state index in [9.17, 15) is 4.79 Å². The molecule has 1 atom stereocenters. The van der Waals surface area contributed by atoms with E-state index in [1.54, 1.807) is 0 Å². The Morgan fingerprint density at radius 1 is 1.26 bits per heavy atom. The molecule has 1 N–H and O–H groups in total. The van der Waals surface area contributed by atoms with Crippen LogP contribution in [0.25, 0.3) is 0 Å². The summed E-state index contributed by atoms with van der Waals surface area (Å²) in [6.07, 6.45) is 7.97. The fraction of sp³-hybridized carbons (Fsp3) is 0.938. The van der Waals surface area contributed by atoms with Gasteiger partial charge < -0.3 is 10.1 Å². The van der Waals surface area contributed by atoms with Gasteiger partial charge in [-0.25, -0.2) is 0 Å². The van der Waals surface area contributed by atoms with Crippen LogP contribution in [-0.2, 0) is 9.53 Å². The molecule has 0 saturated heterocycles. The molecule has 0 bridgehead atoms. The lowest BCUT2D eigenvalue weighted by Gasteiger charge is -2.31. The van der Waals surface area contributed by atoms with Gasteiger partial charge in [0.1, 0.15) is 0 Å². The standard InChI is InChI=1S/C16H31NO2.H2/c1-4-8-16(18)17-15(12-19-11-13(2)3)14-9-6-5-7-10-14;/h13-15H,4-12H2,1-3H3,(H,17,18);1H. The van der Waals surface area contributed by atoms with Gasteiger partial charge in [-0.2, -0.15) is 0 Å². The zero-order valence-corrected chi connectivity index (χ0v) is 12.9. The third-order valence-electron chi connectivity index (χ3n) is 3.79. The molecule has 1 amide bonds. The van der Waals surface area contributed by atoms with Crippen molar-refractivity contribution in [2.75, 3.05) is 13.2 Å². The first kappa shape index (κ1) is 16.5. The molecule has 114 valence electrons. The number of amides is 1. The summed E-state index contributed by atoms with van der Waals surface area (Å²) < 4.78 is 5.77. The maximum atomic E-state index is 11.8. The normalized spacial score (nSPS) is 18.5. The van der Waals surface area contributed by atoms with Crippen LogP contribution in [0.3, 0.4) is 0 Å². The van der Waals surface area contributed by atoms with Crippen LogP contribution in [-0.4, -0.2) is 25.2 Å². The zero-order valence-electron chi connectivity index (χ0n) is 12.9. The monoisotopic (exact) mass is 271 g/mol. The highest BCUT2D eigenvalue weighted by Crippen LogP contribution is 2.26. The zero-order chi connectivity index (χ0) is 14.1. The predicted octanol–water partition coefficient (Wildman–Crippen LogP) is 3.77. The molecule has 1 rings (SSSR count). The summed E-state index contributed by atoms with van der Waals surface area (Å²) >= 11 is 0.